The molecule has 1 aliphatic rings. The maximum Gasteiger partial charge on any atom is 0.154 e. The zero-order valence-electron chi connectivity index (χ0n) is 9.30. The van der Waals surface area contributed by atoms with E-state index >= 15 is 0 Å². The van der Waals surface area contributed by atoms with Crippen molar-refractivity contribution in [1.29, 1.82) is 5.26 Å². The normalized spacial score (nSPS) is 27.5. The summed E-state index contributed by atoms with van der Waals surface area (Å²) in [4.78, 5) is 0. The van der Waals surface area contributed by atoms with Gasteiger partial charge in [-0.05, 0) is 17.7 Å². The standard InChI is InChI=1S/C12H12FNO2S/c1-2-17(15,16)12-10(7-14)11(12)8-3-5-9(13)6-4-8/h3-6,10-12H,2H2,1H3. The molecule has 0 N–H and O–H groups in total. The average Bonchev–Trinajstić information content (AvgIpc) is 3.05. The van der Waals surface area contributed by atoms with Gasteiger partial charge < -0.3 is 0 Å². The van der Waals surface area contributed by atoms with Crippen LogP contribution in [0.1, 0.15) is 18.4 Å². The molecule has 1 aromatic carbocycles. The van der Waals surface area contributed by atoms with Gasteiger partial charge in [-0.3, -0.25) is 0 Å². The molecular weight excluding hydrogens is 241 g/mol. The van der Waals surface area contributed by atoms with Crippen LogP contribution < -0.4 is 0 Å². The van der Waals surface area contributed by atoms with E-state index in [1.165, 1.54) is 12.1 Å². The number of hydrogen-bond acceptors (Lipinski definition) is 3. The fourth-order valence-corrected chi connectivity index (χ4v) is 3.90. The van der Waals surface area contributed by atoms with Crippen molar-refractivity contribution in [3.63, 3.8) is 0 Å². The first-order chi connectivity index (χ1) is 8.01. The predicted molar refractivity (Wildman–Crippen MR) is 61.5 cm³/mol. The van der Waals surface area contributed by atoms with Crippen LogP contribution in [0.25, 0.3) is 0 Å². The Bertz CT molecular complexity index is 559. The van der Waals surface area contributed by atoms with Gasteiger partial charge in [-0.2, -0.15) is 5.26 Å². The van der Waals surface area contributed by atoms with E-state index in [1.54, 1.807) is 19.1 Å². The molecule has 17 heavy (non-hydrogen) atoms. The SMILES string of the molecule is CCS(=O)(=O)C1C(C#N)C1c1ccc(F)cc1. The fourth-order valence-electron chi connectivity index (χ4n) is 2.16. The largest absolute Gasteiger partial charge is 0.228 e. The molecule has 1 aliphatic carbocycles. The van der Waals surface area contributed by atoms with Gasteiger partial charge >= 0.3 is 0 Å². The molecule has 0 aromatic heterocycles. The molecule has 5 heteroatoms. The smallest absolute Gasteiger partial charge is 0.154 e. The van der Waals surface area contributed by atoms with E-state index in [1.807, 2.05) is 6.07 Å². The van der Waals surface area contributed by atoms with E-state index in [0.29, 0.717) is 0 Å². The van der Waals surface area contributed by atoms with Crippen LogP contribution in [0.3, 0.4) is 0 Å². The van der Waals surface area contributed by atoms with Crippen LogP contribution in [0.15, 0.2) is 24.3 Å². The lowest BCUT2D eigenvalue weighted by atomic mass is 10.1. The fraction of sp³-hybridized carbons (Fsp3) is 0.417. The van der Waals surface area contributed by atoms with E-state index in [9.17, 15) is 12.8 Å². The van der Waals surface area contributed by atoms with Crippen LogP contribution in [0.2, 0.25) is 0 Å². The molecule has 0 aliphatic heterocycles. The van der Waals surface area contributed by atoms with E-state index < -0.39 is 21.0 Å². The van der Waals surface area contributed by atoms with Crippen molar-refractivity contribution in [3.8, 4) is 6.07 Å². The molecule has 3 atom stereocenters. The first kappa shape index (κ1) is 12.1. The minimum absolute atomic E-state index is 0.0353. The van der Waals surface area contributed by atoms with Crippen molar-refractivity contribution >= 4 is 9.84 Å². The summed E-state index contributed by atoms with van der Waals surface area (Å²) >= 11 is 0. The minimum atomic E-state index is -3.21. The Kier molecular flexibility index (Phi) is 2.92. The molecule has 1 fully saturated rings. The molecule has 3 unspecified atom stereocenters. The van der Waals surface area contributed by atoms with Crippen molar-refractivity contribution in [2.24, 2.45) is 5.92 Å². The number of rotatable bonds is 3. The number of nitrogens with zero attached hydrogens (tertiary/aromatic N) is 1. The highest BCUT2D eigenvalue weighted by molar-refractivity contribution is 7.92. The van der Waals surface area contributed by atoms with Gasteiger partial charge in [0.1, 0.15) is 5.82 Å². The highest BCUT2D eigenvalue weighted by Crippen LogP contribution is 2.52. The highest BCUT2D eigenvalue weighted by Gasteiger charge is 2.58. The van der Waals surface area contributed by atoms with Gasteiger partial charge in [-0.1, -0.05) is 19.1 Å². The van der Waals surface area contributed by atoms with E-state index in [0.717, 1.165) is 5.56 Å². The second-order valence-corrected chi connectivity index (χ2v) is 6.60. The molecule has 0 spiro atoms. The van der Waals surface area contributed by atoms with E-state index in [4.69, 9.17) is 5.26 Å². The lowest BCUT2D eigenvalue weighted by Gasteiger charge is -2.00. The first-order valence-electron chi connectivity index (χ1n) is 5.38. The van der Waals surface area contributed by atoms with E-state index in [-0.39, 0.29) is 17.5 Å². The molecule has 1 saturated carbocycles. The summed E-state index contributed by atoms with van der Waals surface area (Å²) in [7, 11) is -3.21. The average molecular weight is 253 g/mol. The Balaban J connectivity index is 2.30. The quantitative estimate of drug-likeness (QED) is 0.826. The van der Waals surface area contributed by atoms with Crippen molar-refractivity contribution < 1.29 is 12.8 Å². The number of sulfone groups is 1. The summed E-state index contributed by atoms with van der Waals surface area (Å²) in [6.45, 7) is 1.57. The summed E-state index contributed by atoms with van der Waals surface area (Å²) in [5.41, 5.74) is 0.722. The topological polar surface area (TPSA) is 57.9 Å². The van der Waals surface area contributed by atoms with Crippen LogP contribution in [-0.4, -0.2) is 19.4 Å². The molecule has 0 heterocycles. The Hall–Kier alpha value is -1.41. The zero-order valence-corrected chi connectivity index (χ0v) is 10.1. The Morgan fingerprint density at radius 1 is 1.35 bits per heavy atom. The van der Waals surface area contributed by atoms with Crippen LogP contribution in [0.4, 0.5) is 4.39 Å². The van der Waals surface area contributed by atoms with Crippen molar-refractivity contribution in [1.82, 2.24) is 0 Å². The lowest BCUT2D eigenvalue weighted by molar-refractivity contribution is 0.594. The highest BCUT2D eigenvalue weighted by atomic mass is 32.2. The van der Waals surface area contributed by atoms with Crippen molar-refractivity contribution in [2.45, 2.75) is 18.1 Å². The second-order valence-electron chi connectivity index (χ2n) is 4.15. The number of hydrogen-bond donors (Lipinski definition) is 0. The monoisotopic (exact) mass is 253 g/mol. The van der Waals surface area contributed by atoms with Crippen LogP contribution in [-0.2, 0) is 9.84 Å². The molecule has 0 radical (unpaired) electrons. The number of nitriles is 1. The third-order valence-electron chi connectivity index (χ3n) is 3.17. The van der Waals surface area contributed by atoms with Gasteiger partial charge in [0.15, 0.2) is 9.84 Å². The van der Waals surface area contributed by atoms with Crippen LogP contribution in [0, 0.1) is 23.1 Å². The lowest BCUT2D eigenvalue weighted by Crippen LogP contribution is -2.12. The Morgan fingerprint density at radius 2 is 1.94 bits per heavy atom. The van der Waals surface area contributed by atoms with Crippen molar-refractivity contribution in [3.05, 3.63) is 35.6 Å². The van der Waals surface area contributed by atoms with Crippen LogP contribution in [0.5, 0.6) is 0 Å². The second kappa shape index (κ2) is 4.11. The van der Waals surface area contributed by atoms with Gasteiger partial charge in [0.05, 0.1) is 17.2 Å². The van der Waals surface area contributed by atoms with E-state index in [2.05, 4.69) is 0 Å². The van der Waals surface area contributed by atoms with Gasteiger partial charge in [-0.15, -0.1) is 0 Å². The van der Waals surface area contributed by atoms with Gasteiger partial charge in [-0.25, -0.2) is 12.8 Å². The summed E-state index contributed by atoms with van der Waals surface area (Å²) in [6, 6.07) is 7.70. The predicted octanol–water partition coefficient (Wildman–Crippen LogP) is 1.87. The molecule has 3 nitrogen and oxygen atoms in total. The number of benzene rings is 1. The maximum atomic E-state index is 12.8. The third kappa shape index (κ3) is 2.05. The summed E-state index contributed by atoms with van der Waals surface area (Å²) in [6.07, 6.45) is 0. The summed E-state index contributed by atoms with van der Waals surface area (Å²) in [5.74, 6) is -1.12. The molecule has 1 aromatic rings. The minimum Gasteiger partial charge on any atom is -0.228 e. The number of halogens is 1. The van der Waals surface area contributed by atoms with Gasteiger partial charge in [0.2, 0.25) is 0 Å². The van der Waals surface area contributed by atoms with Gasteiger partial charge in [0, 0.05) is 11.7 Å². The molecule has 0 amide bonds. The Morgan fingerprint density at radius 3 is 2.41 bits per heavy atom. The summed E-state index contributed by atoms with van der Waals surface area (Å²) < 4.78 is 36.3. The first-order valence-corrected chi connectivity index (χ1v) is 7.09. The molecule has 0 bridgehead atoms. The Labute approximate surface area is 99.8 Å². The zero-order chi connectivity index (χ0) is 12.6. The van der Waals surface area contributed by atoms with Crippen LogP contribution >= 0.6 is 0 Å². The molecule has 90 valence electrons. The van der Waals surface area contributed by atoms with Crippen molar-refractivity contribution in [2.75, 3.05) is 5.75 Å². The third-order valence-corrected chi connectivity index (χ3v) is 5.40. The molecule has 0 saturated heterocycles. The summed E-state index contributed by atoms with van der Waals surface area (Å²) in [5, 5.41) is 8.31. The van der Waals surface area contributed by atoms with Gasteiger partial charge in [0.25, 0.3) is 0 Å². The maximum absolute atomic E-state index is 12.8. The molecular formula is C12H12FNO2S. The molecule has 2 rings (SSSR count).